The monoisotopic (exact) mass is 307 g/mol. The topological polar surface area (TPSA) is 57.5 Å². The van der Waals surface area contributed by atoms with Gasteiger partial charge in [-0.05, 0) is 44.8 Å². The summed E-state index contributed by atoms with van der Waals surface area (Å²) in [4.78, 5) is 4.20. The molecule has 4 nitrogen and oxygen atoms in total. The summed E-state index contributed by atoms with van der Waals surface area (Å²) in [5.74, 6) is 0.610. The predicted molar refractivity (Wildman–Crippen MR) is 58.3 cm³/mol. The Bertz CT molecular complexity index is 341. The second-order valence-corrected chi connectivity index (χ2v) is 3.98. The molecule has 1 rings (SSSR count). The lowest BCUT2D eigenvalue weighted by atomic mass is 10.4. The van der Waals surface area contributed by atoms with Crippen LogP contribution in [0.1, 0.15) is 5.69 Å². The molecule has 0 aliphatic carbocycles. The van der Waals surface area contributed by atoms with E-state index in [9.17, 15) is 0 Å². The van der Waals surface area contributed by atoms with Crippen molar-refractivity contribution < 1.29 is 5.21 Å². The van der Waals surface area contributed by atoms with Crippen molar-refractivity contribution in [1.82, 2.24) is 4.98 Å². The van der Waals surface area contributed by atoms with Crippen LogP contribution in [-0.2, 0) is 0 Å². The van der Waals surface area contributed by atoms with Crippen molar-refractivity contribution in [3.8, 4) is 0 Å². The van der Waals surface area contributed by atoms with E-state index in [2.05, 4.69) is 47.3 Å². The number of nitrogens with zero attached hydrogens (tertiary/aromatic N) is 2. The van der Waals surface area contributed by atoms with Crippen molar-refractivity contribution in [3.05, 3.63) is 20.7 Å². The highest BCUT2D eigenvalue weighted by atomic mass is 79.9. The number of oxime groups is 1. The molecule has 0 bridgehead atoms. The number of aryl methyl sites for hydroxylation is 1. The summed E-state index contributed by atoms with van der Waals surface area (Å²) >= 11 is 6.66. The highest BCUT2D eigenvalue weighted by Crippen LogP contribution is 2.25. The molecule has 0 saturated carbocycles. The Balaban J connectivity index is 3.01. The fourth-order valence-corrected chi connectivity index (χ4v) is 1.81. The van der Waals surface area contributed by atoms with Crippen LogP contribution in [-0.4, -0.2) is 16.5 Å². The molecule has 0 saturated heterocycles. The van der Waals surface area contributed by atoms with Crippen molar-refractivity contribution in [2.45, 2.75) is 6.92 Å². The molecule has 0 radical (unpaired) electrons. The zero-order valence-electron chi connectivity index (χ0n) is 6.75. The largest absolute Gasteiger partial charge is 0.410 e. The molecule has 70 valence electrons. The molecular formula is C7H7Br2N3O. The van der Waals surface area contributed by atoms with Gasteiger partial charge in [-0.3, -0.25) is 0 Å². The average molecular weight is 309 g/mol. The summed E-state index contributed by atoms with van der Waals surface area (Å²) in [6, 6.07) is 1.87. The number of anilines is 1. The van der Waals surface area contributed by atoms with Crippen LogP contribution in [0.4, 0.5) is 5.82 Å². The third-order valence-electron chi connectivity index (χ3n) is 1.36. The summed E-state index contributed by atoms with van der Waals surface area (Å²) in [5.41, 5.74) is 0.858. The maximum Gasteiger partial charge on any atom is 0.145 e. The molecule has 13 heavy (non-hydrogen) atoms. The lowest BCUT2D eigenvalue weighted by Crippen LogP contribution is -2.00. The number of hydrogen-bond acceptors (Lipinski definition) is 3. The molecule has 0 fully saturated rings. The molecular weight excluding hydrogens is 302 g/mol. The van der Waals surface area contributed by atoms with Gasteiger partial charge in [0.1, 0.15) is 12.2 Å². The van der Waals surface area contributed by atoms with Crippen LogP contribution in [0.15, 0.2) is 20.2 Å². The minimum absolute atomic E-state index is 0.610. The van der Waals surface area contributed by atoms with Crippen LogP contribution >= 0.6 is 31.9 Å². The van der Waals surface area contributed by atoms with E-state index < -0.39 is 0 Å². The lowest BCUT2D eigenvalue weighted by Gasteiger charge is -2.04. The highest BCUT2D eigenvalue weighted by molar-refractivity contribution is 9.11. The molecule has 2 N–H and O–H groups in total. The van der Waals surface area contributed by atoms with Crippen molar-refractivity contribution >= 4 is 44.0 Å². The highest BCUT2D eigenvalue weighted by Gasteiger charge is 2.03. The first-order chi connectivity index (χ1) is 6.15. The lowest BCUT2D eigenvalue weighted by molar-refractivity contribution is 0.321. The first-order valence-electron chi connectivity index (χ1n) is 3.40. The maximum atomic E-state index is 8.20. The van der Waals surface area contributed by atoms with E-state index in [1.54, 1.807) is 0 Å². The van der Waals surface area contributed by atoms with Gasteiger partial charge in [-0.15, -0.1) is 0 Å². The van der Waals surface area contributed by atoms with Gasteiger partial charge in [0, 0.05) is 4.47 Å². The zero-order chi connectivity index (χ0) is 9.84. The second kappa shape index (κ2) is 4.57. The quantitative estimate of drug-likeness (QED) is 0.382. The minimum atomic E-state index is 0.610. The second-order valence-electron chi connectivity index (χ2n) is 2.27. The van der Waals surface area contributed by atoms with Crippen LogP contribution in [0.5, 0.6) is 0 Å². The van der Waals surface area contributed by atoms with Gasteiger partial charge in [-0.2, -0.15) is 0 Å². The van der Waals surface area contributed by atoms with Gasteiger partial charge in [0.25, 0.3) is 0 Å². The predicted octanol–water partition coefficient (Wildman–Crippen LogP) is 2.74. The number of hydrogen-bond donors (Lipinski definition) is 2. The van der Waals surface area contributed by atoms with E-state index in [1.165, 1.54) is 0 Å². The Kier molecular flexibility index (Phi) is 3.68. The minimum Gasteiger partial charge on any atom is -0.410 e. The Morgan fingerprint density at radius 3 is 2.85 bits per heavy atom. The van der Waals surface area contributed by atoms with Crippen LogP contribution in [0.2, 0.25) is 0 Å². The van der Waals surface area contributed by atoms with Gasteiger partial charge in [-0.25, -0.2) is 4.98 Å². The molecule has 0 aliphatic heterocycles. The SMILES string of the molecule is Cc1nc(N/C=N/O)c(Br)cc1Br. The van der Waals surface area contributed by atoms with Gasteiger partial charge >= 0.3 is 0 Å². The van der Waals surface area contributed by atoms with Crippen LogP contribution in [0, 0.1) is 6.92 Å². The fraction of sp³-hybridized carbons (Fsp3) is 0.143. The van der Waals surface area contributed by atoms with Gasteiger partial charge < -0.3 is 10.5 Å². The smallest absolute Gasteiger partial charge is 0.145 e. The number of pyridine rings is 1. The van der Waals surface area contributed by atoms with Crippen molar-refractivity contribution in [3.63, 3.8) is 0 Å². The van der Waals surface area contributed by atoms with Gasteiger partial charge in [0.05, 0.1) is 10.2 Å². The molecule has 0 spiro atoms. The Hall–Kier alpha value is -0.620. The summed E-state index contributed by atoms with van der Waals surface area (Å²) in [7, 11) is 0. The van der Waals surface area contributed by atoms with Gasteiger partial charge in [0.2, 0.25) is 0 Å². The molecule has 1 aromatic heterocycles. The molecule has 0 unspecified atom stereocenters. The van der Waals surface area contributed by atoms with Gasteiger partial charge in [0.15, 0.2) is 0 Å². The Morgan fingerprint density at radius 1 is 1.54 bits per heavy atom. The third-order valence-corrected chi connectivity index (χ3v) is 2.77. The number of nitrogens with one attached hydrogen (secondary N) is 1. The molecule has 0 amide bonds. The summed E-state index contributed by atoms with van der Waals surface area (Å²) in [6.07, 6.45) is 1.15. The molecule has 0 aliphatic rings. The summed E-state index contributed by atoms with van der Waals surface area (Å²) in [6.45, 7) is 1.87. The summed E-state index contributed by atoms with van der Waals surface area (Å²) in [5, 5.41) is 13.7. The van der Waals surface area contributed by atoms with Crippen molar-refractivity contribution in [2.24, 2.45) is 5.16 Å². The van der Waals surface area contributed by atoms with E-state index in [0.29, 0.717) is 5.82 Å². The van der Waals surface area contributed by atoms with Gasteiger partial charge in [-0.1, -0.05) is 5.16 Å². The molecule has 6 heteroatoms. The first kappa shape index (κ1) is 10.5. The molecule has 0 aromatic carbocycles. The molecule has 1 aromatic rings. The van der Waals surface area contributed by atoms with Crippen LogP contribution in [0.25, 0.3) is 0 Å². The number of aromatic nitrogens is 1. The summed E-state index contributed by atoms with van der Waals surface area (Å²) < 4.78 is 1.72. The van der Waals surface area contributed by atoms with E-state index in [0.717, 1.165) is 21.0 Å². The number of rotatable bonds is 2. The van der Waals surface area contributed by atoms with Crippen molar-refractivity contribution in [1.29, 1.82) is 0 Å². The van der Waals surface area contributed by atoms with Crippen LogP contribution in [0.3, 0.4) is 0 Å². The molecule has 0 atom stereocenters. The van der Waals surface area contributed by atoms with Crippen LogP contribution < -0.4 is 5.32 Å². The van der Waals surface area contributed by atoms with Crippen molar-refractivity contribution in [2.75, 3.05) is 5.32 Å². The van der Waals surface area contributed by atoms with E-state index in [1.807, 2.05) is 13.0 Å². The van der Waals surface area contributed by atoms with E-state index in [4.69, 9.17) is 5.21 Å². The average Bonchev–Trinajstić information content (AvgIpc) is 2.09. The maximum absolute atomic E-state index is 8.20. The Morgan fingerprint density at radius 2 is 2.23 bits per heavy atom. The third kappa shape index (κ3) is 2.67. The fourth-order valence-electron chi connectivity index (χ4n) is 0.750. The van der Waals surface area contributed by atoms with E-state index >= 15 is 0 Å². The molecule has 1 heterocycles. The van der Waals surface area contributed by atoms with E-state index in [-0.39, 0.29) is 0 Å². The number of halogens is 2. The standard InChI is InChI=1S/C7H7Br2N3O/c1-4-5(8)2-6(9)7(12-4)10-3-11-13/h2-3,13H,1H3,(H,10,11,12). The normalized spacial score (nSPS) is 10.7. The zero-order valence-corrected chi connectivity index (χ0v) is 9.92. The first-order valence-corrected chi connectivity index (χ1v) is 4.99. The Labute approximate surface area is 92.3 Å².